The van der Waals surface area contributed by atoms with Crippen molar-refractivity contribution in [1.29, 1.82) is 0 Å². The Kier molecular flexibility index (Phi) is 3.72. The van der Waals surface area contributed by atoms with E-state index in [1.807, 2.05) is 0 Å². The fourth-order valence-corrected chi connectivity index (χ4v) is 2.80. The Hall–Kier alpha value is -1.03. The number of hydrogen-bond donors (Lipinski definition) is 1. The van der Waals surface area contributed by atoms with E-state index >= 15 is 0 Å². The van der Waals surface area contributed by atoms with E-state index in [0.717, 1.165) is 30.1 Å². The van der Waals surface area contributed by atoms with Crippen LogP contribution in [0.15, 0.2) is 21.6 Å². The molecule has 1 aromatic rings. The molecule has 0 amide bonds. The summed E-state index contributed by atoms with van der Waals surface area (Å²) in [5, 5.41) is 3.41. The third-order valence-electron chi connectivity index (χ3n) is 3.14. The van der Waals surface area contributed by atoms with Crippen LogP contribution in [-0.4, -0.2) is 31.0 Å². The van der Waals surface area contributed by atoms with Crippen molar-refractivity contribution in [2.75, 3.05) is 20.1 Å². The molecule has 1 N–H and O–H groups in total. The summed E-state index contributed by atoms with van der Waals surface area (Å²) in [6.07, 6.45) is 0. The molecule has 0 spiro atoms. The van der Waals surface area contributed by atoms with Gasteiger partial charge in [-0.15, -0.1) is 0 Å². The number of nitrogens with one attached hydrogen (secondary N) is 1. The van der Waals surface area contributed by atoms with Crippen molar-refractivity contribution in [2.45, 2.75) is 20.4 Å². The predicted molar refractivity (Wildman–Crippen MR) is 75.4 cm³/mol. The number of guanidine groups is 1. The summed E-state index contributed by atoms with van der Waals surface area (Å²) in [7, 11) is 2.07. The molecule has 0 fully saturated rings. The fraction of sp³-hybridized carbons (Fsp3) is 0.462. The summed E-state index contributed by atoms with van der Waals surface area (Å²) in [6, 6.07) is 4.31. The van der Waals surface area contributed by atoms with E-state index in [0.29, 0.717) is 0 Å². The molecule has 0 aromatic heterocycles. The number of rotatable bonds is 2. The van der Waals surface area contributed by atoms with E-state index in [9.17, 15) is 0 Å². The van der Waals surface area contributed by atoms with Crippen LogP contribution in [0, 0.1) is 13.8 Å². The average Bonchev–Trinajstić information content (AvgIpc) is 2.62. The van der Waals surface area contributed by atoms with E-state index in [2.05, 4.69) is 64.2 Å². The summed E-state index contributed by atoms with van der Waals surface area (Å²) < 4.78 is 1.14. The van der Waals surface area contributed by atoms with Crippen molar-refractivity contribution in [3.63, 3.8) is 0 Å². The van der Waals surface area contributed by atoms with Crippen molar-refractivity contribution in [1.82, 2.24) is 10.2 Å². The lowest BCUT2D eigenvalue weighted by molar-refractivity contribution is 0.533. The van der Waals surface area contributed by atoms with Gasteiger partial charge >= 0.3 is 0 Å². The Morgan fingerprint density at radius 3 is 2.53 bits per heavy atom. The van der Waals surface area contributed by atoms with Gasteiger partial charge in [-0.25, -0.2) is 0 Å². The Morgan fingerprint density at radius 1 is 1.35 bits per heavy atom. The van der Waals surface area contributed by atoms with Gasteiger partial charge in [0.15, 0.2) is 5.96 Å². The van der Waals surface area contributed by atoms with Crippen molar-refractivity contribution in [2.24, 2.45) is 4.99 Å². The second-order valence-corrected chi connectivity index (χ2v) is 5.41. The van der Waals surface area contributed by atoms with Crippen LogP contribution in [0.3, 0.4) is 0 Å². The Bertz CT molecular complexity index is 431. The molecular formula is C13H18BrN3. The third kappa shape index (κ3) is 2.80. The molecule has 0 saturated heterocycles. The quantitative estimate of drug-likeness (QED) is 0.908. The highest BCUT2D eigenvalue weighted by molar-refractivity contribution is 9.10. The fourth-order valence-electron chi connectivity index (χ4n) is 2.11. The van der Waals surface area contributed by atoms with Crippen LogP contribution in [0.1, 0.15) is 16.7 Å². The second-order valence-electron chi connectivity index (χ2n) is 4.50. The summed E-state index contributed by atoms with van der Waals surface area (Å²) >= 11 is 3.52. The van der Waals surface area contributed by atoms with E-state index in [1.165, 1.54) is 16.7 Å². The highest BCUT2D eigenvalue weighted by Crippen LogP contribution is 2.20. The lowest BCUT2D eigenvalue weighted by Gasteiger charge is -2.17. The van der Waals surface area contributed by atoms with Crippen molar-refractivity contribution in [3.8, 4) is 0 Å². The van der Waals surface area contributed by atoms with Gasteiger partial charge < -0.3 is 10.2 Å². The zero-order chi connectivity index (χ0) is 12.4. The van der Waals surface area contributed by atoms with Crippen molar-refractivity contribution in [3.05, 3.63) is 33.3 Å². The second kappa shape index (κ2) is 5.08. The monoisotopic (exact) mass is 295 g/mol. The standard InChI is InChI=1S/C13H18BrN3/c1-9-6-11(14)7-10(2)12(9)8-16-13-15-4-5-17(13)3/h6-7H,4-5,8H2,1-3H3,(H,15,16). The minimum atomic E-state index is 0.841. The SMILES string of the molecule is Cc1cc(Br)cc(C)c1CNC1=NCCN1C. The maximum atomic E-state index is 4.43. The molecule has 0 radical (unpaired) electrons. The molecule has 0 unspecified atom stereocenters. The zero-order valence-electron chi connectivity index (χ0n) is 10.5. The highest BCUT2D eigenvalue weighted by Gasteiger charge is 2.12. The first-order chi connectivity index (χ1) is 8.08. The number of likely N-dealkylation sites (N-methyl/N-ethyl adjacent to an activating group) is 1. The van der Waals surface area contributed by atoms with Crippen molar-refractivity contribution >= 4 is 21.9 Å². The smallest absolute Gasteiger partial charge is 0.194 e. The van der Waals surface area contributed by atoms with Crippen LogP contribution in [-0.2, 0) is 6.54 Å². The molecule has 92 valence electrons. The zero-order valence-corrected chi connectivity index (χ0v) is 12.1. The van der Waals surface area contributed by atoms with E-state index in [1.54, 1.807) is 0 Å². The normalized spacial score (nSPS) is 15.1. The number of nitrogens with zero attached hydrogens (tertiary/aromatic N) is 2. The number of halogens is 1. The molecule has 17 heavy (non-hydrogen) atoms. The van der Waals surface area contributed by atoms with Crippen LogP contribution in [0.25, 0.3) is 0 Å². The third-order valence-corrected chi connectivity index (χ3v) is 3.60. The summed E-state index contributed by atoms with van der Waals surface area (Å²) in [5.41, 5.74) is 3.98. The topological polar surface area (TPSA) is 27.6 Å². The maximum absolute atomic E-state index is 4.43. The molecule has 0 aliphatic carbocycles. The van der Waals surface area contributed by atoms with E-state index < -0.39 is 0 Å². The highest BCUT2D eigenvalue weighted by atomic mass is 79.9. The van der Waals surface area contributed by atoms with Gasteiger partial charge in [-0.1, -0.05) is 15.9 Å². The molecular weight excluding hydrogens is 278 g/mol. The number of benzene rings is 1. The lowest BCUT2D eigenvalue weighted by Crippen LogP contribution is -2.35. The molecule has 1 heterocycles. The van der Waals surface area contributed by atoms with Crippen LogP contribution in [0.4, 0.5) is 0 Å². The lowest BCUT2D eigenvalue weighted by atomic mass is 10.0. The minimum Gasteiger partial charge on any atom is -0.352 e. The van der Waals surface area contributed by atoms with Crippen LogP contribution < -0.4 is 5.32 Å². The van der Waals surface area contributed by atoms with Gasteiger partial charge in [0.05, 0.1) is 6.54 Å². The van der Waals surface area contributed by atoms with Gasteiger partial charge in [0.1, 0.15) is 0 Å². The van der Waals surface area contributed by atoms with E-state index in [4.69, 9.17) is 0 Å². The minimum absolute atomic E-state index is 0.841. The van der Waals surface area contributed by atoms with Gasteiger partial charge in [-0.2, -0.15) is 0 Å². The summed E-state index contributed by atoms with van der Waals surface area (Å²) in [5.74, 6) is 1.01. The molecule has 1 aromatic carbocycles. The predicted octanol–water partition coefficient (Wildman–Crippen LogP) is 2.46. The molecule has 2 rings (SSSR count). The average molecular weight is 296 g/mol. The maximum Gasteiger partial charge on any atom is 0.194 e. The molecule has 0 atom stereocenters. The molecule has 4 heteroatoms. The number of aryl methyl sites for hydroxylation is 2. The summed E-state index contributed by atoms with van der Waals surface area (Å²) in [4.78, 5) is 6.59. The molecule has 1 aliphatic rings. The Labute approximate surface area is 111 Å². The molecule has 0 bridgehead atoms. The number of aliphatic imine (C=N–C) groups is 1. The first-order valence-corrected chi connectivity index (χ1v) is 6.62. The molecule has 0 saturated carbocycles. The first-order valence-electron chi connectivity index (χ1n) is 5.83. The Balaban J connectivity index is 2.09. The van der Waals surface area contributed by atoms with Gasteiger partial charge in [-0.3, -0.25) is 4.99 Å². The number of hydrogen-bond acceptors (Lipinski definition) is 3. The van der Waals surface area contributed by atoms with Gasteiger partial charge in [0, 0.05) is 24.6 Å². The molecule has 3 nitrogen and oxygen atoms in total. The van der Waals surface area contributed by atoms with Gasteiger partial charge in [0.25, 0.3) is 0 Å². The molecule has 1 aliphatic heterocycles. The van der Waals surface area contributed by atoms with E-state index in [-0.39, 0.29) is 0 Å². The van der Waals surface area contributed by atoms with Crippen LogP contribution >= 0.6 is 15.9 Å². The van der Waals surface area contributed by atoms with Gasteiger partial charge in [0.2, 0.25) is 0 Å². The Morgan fingerprint density at radius 2 is 2.00 bits per heavy atom. The van der Waals surface area contributed by atoms with Crippen LogP contribution in [0.2, 0.25) is 0 Å². The van der Waals surface area contributed by atoms with Crippen molar-refractivity contribution < 1.29 is 0 Å². The largest absolute Gasteiger partial charge is 0.352 e. The van der Waals surface area contributed by atoms with Gasteiger partial charge in [-0.05, 0) is 42.7 Å². The summed E-state index contributed by atoms with van der Waals surface area (Å²) in [6.45, 7) is 7.05. The first kappa shape index (κ1) is 12.4. The van der Waals surface area contributed by atoms with Crippen LogP contribution in [0.5, 0.6) is 0 Å².